The van der Waals surface area contributed by atoms with Crippen LogP contribution in [0.4, 0.5) is 22.0 Å². The van der Waals surface area contributed by atoms with Crippen LogP contribution in [0.5, 0.6) is 5.88 Å². The number of rotatable bonds is 16. The first kappa shape index (κ1) is 43.5. The maximum atomic E-state index is 13.1. The summed E-state index contributed by atoms with van der Waals surface area (Å²) in [6, 6.07) is 9.64. The predicted molar refractivity (Wildman–Crippen MR) is 202 cm³/mol. The number of aromatic nitrogens is 1. The van der Waals surface area contributed by atoms with Gasteiger partial charge in [-0.2, -0.15) is 18.2 Å². The second kappa shape index (κ2) is 20.0. The van der Waals surface area contributed by atoms with Gasteiger partial charge in [-0.05, 0) is 123 Å². The van der Waals surface area contributed by atoms with Crippen LogP contribution >= 0.6 is 0 Å². The summed E-state index contributed by atoms with van der Waals surface area (Å²) in [5.41, 5.74) is 12.7. The summed E-state index contributed by atoms with van der Waals surface area (Å²) in [6.07, 6.45) is 0.442. The summed E-state index contributed by atoms with van der Waals surface area (Å²) in [6.45, 7) is 14.4. The van der Waals surface area contributed by atoms with Gasteiger partial charge in [-0.3, -0.25) is 4.79 Å². The minimum Gasteiger partial charge on any atom is -0.477 e. The number of amides is 1. The van der Waals surface area contributed by atoms with Gasteiger partial charge in [-0.1, -0.05) is 52.3 Å². The molecule has 0 bridgehead atoms. The summed E-state index contributed by atoms with van der Waals surface area (Å²) in [7, 11) is 0. The van der Waals surface area contributed by atoms with Gasteiger partial charge in [0, 0.05) is 41.8 Å². The molecule has 0 spiro atoms. The average molecular weight is 746 g/mol. The first-order valence-corrected chi connectivity index (χ1v) is 18.6. The second-order valence-electron chi connectivity index (χ2n) is 14.8. The maximum Gasteiger partial charge on any atom is 0.416 e. The molecule has 53 heavy (non-hydrogen) atoms. The molecule has 1 amide bonds. The maximum absolute atomic E-state index is 13.1. The van der Waals surface area contributed by atoms with Crippen molar-refractivity contribution in [1.29, 1.82) is 0 Å². The molecule has 1 aliphatic carbocycles. The number of nitrogens with zero attached hydrogens (tertiary/aromatic N) is 2. The predicted octanol–water partition coefficient (Wildman–Crippen LogP) is 10.5. The molecule has 2 unspecified atom stereocenters. The lowest BCUT2D eigenvalue weighted by Crippen LogP contribution is -2.23. The first-order chi connectivity index (χ1) is 24.9. The number of nitrogens with two attached hydrogens (primary N) is 1. The number of pyridine rings is 1. The number of carbonyl (C=O) groups excluding carboxylic acids is 1. The fourth-order valence-electron chi connectivity index (χ4n) is 6.45. The van der Waals surface area contributed by atoms with E-state index in [9.17, 15) is 26.7 Å². The molecule has 0 saturated heterocycles. The Balaban J connectivity index is 0.000000290. The van der Waals surface area contributed by atoms with E-state index >= 15 is 0 Å². The number of aliphatic hydroxyl groups is 1. The smallest absolute Gasteiger partial charge is 0.416 e. The van der Waals surface area contributed by atoms with Gasteiger partial charge in [0.1, 0.15) is 5.84 Å². The molecule has 3 aromatic rings. The molecular weight excluding hydrogens is 689 g/mol. The van der Waals surface area contributed by atoms with Crippen LogP contribution in [-0.2, 0) is 17.4 Å². The highest BCUT2D eigenvalue weighted by Gasteiger charge is 2.34. The molecule has 6 nitrogen and oxygen atoms in total. The summed E-state index contributed by atoms with van der Waals surface area (Å²) in [5, 5.41) is 9.09. The number of hydrogen-bond acceptors (Lipinski definition) is 4. The highest BCUT2D eigenvalue weighted by Crippen LogP contribution is 2.44. The van der Waals surface area contributed by atoms with Crippen LogP contribution in [-0.4, -0.2) is 41.5 Å². The van der Waals surface area contributed by atoms with Crippen molar-refractivity contribution in [3.63, 3.8) is 0 Å². The number of halogens is 5. The van der Waals surface area contributed by atoms with Crippen LogP contribution in [0.15, 0.2) is 47.6 Å². The number of alkyl halides is 5. The Labute approximate surface area is 311 Å². The molecule has 0 aliphatic heterocycles. The molecule has 1 aromatic heterocycles. The topological polar surface area (TPSA) is 97.8 Å². The molecule has 1 fully saturated rings. The van der Waals surface area contributed by atoms with E-state index in [1.54, 1.807) is 6.20 Å². The Kier molecular flexibility index (Phi) is 16.4. The number of aliphatic imine (C=N–C) groups is 1. The van der Waals surface area contributed by atoms with Crippen LogP contribution in [0.2, 0.25) is 0 Å². The van der Waals surface area contributed by atoms with Gasteiger partial charge in [0.15, 0.2) is 0 Å². The molecule has 1 saturated carbocycles. The average Bonchev–Trinajstić information content (AvgIpc) is 3.92. The minimum absolute atomic E-state index is 0.0305. The molecule has 3 N–H and O–H groups in total. The van der Waals surface area contributed by atoms with E-state index < -0.39 is 18.2 Å². The Hall–Kier alpha value is -3.86. The van der Waals surface area contributed by atoms with Gasteiger partial charge in [-0.15, -0.1) is 0 Å². The highest BCUT2D eigenvalue weighted by molar-refractivity contribution is 6.05. The third-order valence-corrected chi connectivity index (χ3v) is 9.60. The number of aliphatic hydroxyl groups excluding tert-OH is 1. The van der Waals surface area contributed by atoms with Crippen molar-refractivity contribution in [3.05, 3.63) is 81.5 Å². The van der Waals surface area contributed by atoms with Crippen molar-refractivity contribution in [2.24, 2.45) is 28.5 Å². The summed E-state index contributed by atoms with van der Waals surface area (Å²) in [4.78, 5) is 21.3. The fourth-order valence-corrected chi connectivity index (χ4v) is 6.45. The van der Waals surface area contributed by atoms with E-state index in [1.807, 2.05) is 26.8 Å². The van der Waals surface area contributed by atoms with Crippen LogP contribution in [0, 0.1) is 38.5 Å². The van der Waals surface area contributed by atoms with Gasteiger partial charge >= 0.3 is 6.18 Å². The molecule has 4 rings (SSSR count). The molecule has 0 radical (unpaired) electrons. The largest absolute Gasteiger partial charge is 0.477 e. The monoisotopic (exact) mass is 745 g/mol. The number of hydrogen-bond donors (Lipinski definition) is 2. The first-order valence-electron chi connectivity index (χ1n) is 18.6. The summed E-state index contributed by atoms with van der Waals surface area (Å²) >= 11 is 0. The van der Waals surface area contributed by atoms with E-state index in [-0.39, 0.29) is 43.2 Å². The lowest BCUT2D eigenvalue weighted by atomic mass is 9.88. The van der Waals surface area contributed by atoms with E-state index in [4.69, 9.17) is 15.6 Å². The van der Waals surface area contributed by atoms with Crippen molar-refractivity contribution in [2.75, 3.05) is 13.2 Å². The molecular formula is C42H56F5N3O3. The molecule has 2 aromatic carbocycles. The quantitative estimate of drug-likeness (QED) is 0.0864. The molecule has 11 heteroatoms. The highest BCUT2D eigenvalue weighted by atomic mass is 19.4. The lowest BCUT2D eigenvalue weighted by Gasteiger charge is -2.18. The minimum atomic E-state index is -4.40. The van der Waals surface area contributed by atoms with Gasteiger partial charge in [0.25, 0.3) is 5.91 Å². The van der Waals surface area contributed by atoms with Crippen LogP contribution in [0.3, 0.4) is 0 Å². The summed E-state index contributed by atoms with van der Waals surface area (Å²) < 4.78 is 69.0. The Morgan fingerprint density at radius 3 is 2.19 bits per heavy atom. The standard InChI is InChI=1S/C23H33F3N2O.C19H23F2NO2/c1-5-15(4)6-7-17(12-14(2)3)22(29)28-21(27)19-11-10-18(23(24,25)26)13-20(19)16-8-9-16;1-12-8-15(4-6-23)9-13(2)18(12)16-10-14(3)19(22-11-16)24-7-5-17(20)21/h10-11,13-17H,5-9,12H2,1-4H3,(H2,27,28,29);8-11,17,23H,4-7H2,1-3H3. The Bertz CT molecular complexity index is 1660. The third kappa shape index (κ3) is 13.5. The van der Waals surface area contributed by atoms with Crippen molar-refractivity contribution in [3.8, 4) is 17.0 Å². The van der Waals surface area contributed by atoms with E-state index in [2.05, 4.69) is 49.8 Å². The Morgan fingerprint density at radius 1 is 1.00 bits per heavy atom. The zero-order chi connectivity index (χ0) is 39.5. The normalized spacial score (nSPS) is 14.6. The van der Waals surface area contributed by atoms with E-state index in [0.29, 0.717) is 35.3 Å². The summed E-state index contributed by atoms with van der Waals surface area (Å²) in [5.74, 6) is 0.908. The van der Waals surface area contributed by atoms with Gasteiger partial charge in [0.2, 0.25) is 12.3 Å². The number of benzene rings is 2. The Morgan fingerprint density at radius 2 is 1.66 bits per heavy atom. The number of ether oxygens (including phenoxy) is 1. The fraction of sp³-hybridized carbons (Fsp3) is 0.548. The van der Waals surface area contributed by atoms with Crippen LogP contribution in [0.1, 0.15) is 118 Å². The number of aryl methyl sites for hydroxylation is 3. The van der Waals surface area contributed by atoms with Crippen molar-refractivity contribution < 1.29 is 36.6 Å². The molecule has 1 heterocycles. The van der Waals surface area contributed by atoms with Crippen molar-refractivity contribution >= 4 is 11.7 Å². The second-order valence-corrected chi connectivity index (χ2v) is 14.8. The van der Waals surface area contributed by atoms with Crippen molar-refractivity contribution in [2.45, 2.75) is 118 Å². The van der Waals surface area contributed by atoms with Crippen LogP contribution < -0.4 is 10.5 Å². The molecule has 292 valence electrons. The van der Waals surface area contributed by atoms with E-state index in [0.717, 1.165) is 84.0 Å². The third-order valence-electron chi connectivity index (χ3n) is 9.60. The number of carbonyl (C=O) groups is 1. The van der Waals surface area contributed by atoms with Gasteiger partial charge in [-0.25, -0.2) is 13.8 Å². The zero-order valence-electron chi connectivity index (χ0n) is 32.1. The number of amidine groups is 1. The SMILES string of the molecule is CCC(C)CCC(CC(C)C)C(=O)N=C(N)c1ccc(C(F)(F)F)cc1C1CC1.Cc1cc(-c2c(C)cc(CCO)cc2C)cnc1OCCC(F)F. The van der Waals surface area contributed by atoms with E-state index in [1.165, 1.54) is 6.07 Å². The van der Waals surface area contributed by atoms with Crippen molar-refractivity contribution in [1.82, 2.24) is 4.98 Å². The van der Waals surface area contributed by atoms with Gasteiger partial charge in [0.05, 0.1) is 12.2 Å². The molecule has 2 atom stereocenters. The zero-order valence-corrected chi connectivity index (χ0v) is 32.1. The molecule has 1 aliphatic rings. The lowest BCUT2D eigenvalue weighted by molar-refractivity contribution is -0.137. The van der Waals surface area contributed by atoms with Crippen LogP contribution in [0.25, 0.3) is 11.1 Å². The van der Waals surface area contributed by atoms with Gasteiger partial charge < -0.3 is 15.6 Å².